The van der Waals surface area contributed by atoms with Crippen LogP contribution in [0.5, 0.6) is 0 Å². The molecule has 2 saturated heterocycles. The fourth-order valence-electron chi connectivity index (χ4n) is 3.97. The Morgan fingerprint density at radius 2 is 0.917 bits per heavy atom. The van der Waals surface area contributed by atoms with E-state index in [1.54, 1.807) is 0 Å². The molecule has 4 nitrogen and oxygen atoms in total. The van der Waals surface area contributed by atoms with Crippen molar-refractivity contribution in [1.82, 2.24) is 9.97 Å². The third-order valence-corrected chi connectivity index (χ3v) is 5.35. The molecule has 2 aliphatic rings. The summed E-state index contributed by atoms with van der Waals surface area (Å²) >= 11 is 0. The first-order valence-corrected chi connectivity index (χ1v) is 9.68. The van der Waals surface area contributed by atoms with Gasteiger partial charge in [-0.15, -0.1) is 0 Å². The third-order valence-electron chi connectivity index (χ3n) is 5.35. The highest BCUT2D eigenvalue weighted by atomic mass is 15.3. The standard InChI is InChI=1S/C20H28N4/c1-2-8-14-23(13-7-1)19-20(24-15-9-3-4-10-16-24)22-18-12-6-5-11-17(18)21-19/h5-6,11-12H,1-4,7-10,13-16H2. The van der Waals surface area contributed by atoms with Crippen LogP contribution in [-0.4, -0.2) is 36.1 Å². The Kier molecular flexibility index (Phi) is 4.81. The van der Waals surface area contributed by atoms with Crippen LogP contribution in [0.3, 0.4) is 0 Å². The summed E-state index contributed by atoms with van der Waals surface area (Å²) in [4.78, 5) is 15.1. The fraction of sp³-hybridized carbons (Fsp3) is 0.600. The van der Waals surface area contributed by atoms with E-state index in [1.165, 1.54) is 51.4 Å². The number of hydrogen-bond acceptors (Lipinski definition) is 4. The normalized spacial score (nSPS) is 20.0. The largest absolute Gasteiger partial charge is 0.354 e. The molecule has 2 aliphatic heterocycles. The van der Waals surface area contributed by atoms with Gasteiger partial charge in [-0.25, -0.2) is 9.97 Å². The van der Waals surface area contributed by atoms with Gasteiger partial charge in [0.15, 0.2) is 11.6 Å². The molecule has 0 spiro atoms. The molecule has 0 radical (unpaired) electrons. The number of para-hydroxylation sites is 2. The van der Waals surface area contributed by atoms with Crippen molar-refractivity contribution in [2.75, 3.05) is 36.0 Å². The van der Waals surface area contributed by atoms with E-state index in [2.05, 4.69) is 34.1 Å². The molecule has 0 saturated carbocycles. The summed E-state index contributed by atoms with van der Waals surface area (Å²) in [7, 11) is 0. The summed E-state index contributed by atoms with van der Waals surface area (Å²) in [5.74, 6) is 2.25. The van der Waals surface area contributed by atoms with E-state index in [9.17, 15) is 0 Å². The maximum Gasteiger partial charge on any atom is 0.172 e. The summed E-state index contributed by atoms with van der Waals surface area (Å²) in [6, 6.07) is 8.31. The molecule has 1 aromatic carbocycles. The van der Waals surface area contributed by atoms with Gasteiger partial charge in [0, 0.05) is 26.2 Å². The molecule has 128 valence electrons. The summed E-state index contributed by atoms with van der Waals surface area (Å²) in [5.41, 5.74) is 2.05. The lowest BCUT2D eigenvalue weighted by Crippen LogP contribution is -2.31. The van der Waals surface area contributed by atoms with Crippen molar-refractivity contribution in [2.24, 2.45) is 0 Å². The molecule has 4 heteroatoms. The van der Waals surface area contributed by atoms with Gasteiger partial charge in [-0.05, 0) is 37.8 Å². The van der Waals surface area contributed by atoms with Gasteiger partial charge in [-0.3, -0.25) is 0 Å². The Labute approximate surface area is 144 Å². The minimum Gasteiger partial charge on any atom is -0.354 e. The number of nitrogens with zero attached hydrogens (tertiary/aromatic N) is 4. The van der Waals surface area contributed by atoms with Crippen LogP contribution in [-0.2, 0) is 0 Å². The van der Waals surface area contributed by atoms with Crippen LogP contribution in [0.15, 0.2) is 24.3 Å². The van der Waals surface area contributed by atoms with Gasteiger partial charge in [-0.2, -0.15) is 0 Å². The molecule has 0 unspecified atom stereocenters. The summed E-state index contributed by atoms with van der Waals surface area (Å²) < 4.78 is 0. The van der Waals surface area contributed by atoms with E-state index in [1.807, 2.05) is 0 Å². The number of fused-ring (bicyclic) bond motifs is 1. The predicted molar refractivity (Wildman–Crippen MR) is 101 cm³/mol. The molecule has 1 aromatic heterocycles. The molecule has 4 rings (SSSR count). The lowest BCUT2D eigenvalue weighted by atomic mass is 10.2. The first-order chi connectivity index (χ1) is 11.9. The van der Waals surface area contributed by atoms with Crippen LogP contribution in [0.25, 0.3) is 11.0 Å². The van der Waals surface area contributed by atoms with Gasteiger partial charge in [0.2, 0.25) is 0 Å². The first kappa shape index (κ1) is 15.7. The monoisotopic (exact) mass is 324 g/mol. The summed E-state index contributed by atoms with van der Waals surface area (Å²) in [6.07, 6.45) is 10.5. The smallest absolute Gasteiger partial charge is 0.172 e. The highest BCUT2D eigenvalue weighted by molar-refractivity contribution is 5.81. The maximum absolute atomic E-state index is 5.07. The lowest BCUT2D eigenvalue weighted by molar-refractivity contribution is 0.726. The van der Waals surface area contributed by atoms with Crippen molar-refractivity contribution >= 4 is 22.7 Å². The molecular weight excluding hydrogens is 296 g/mol. The van der Waals surface area contributed by atoms with Gasteiger partial charge in [-0.1, -0.05) is 37.8 Å². The Hall–Kier alpha value is -1.84. The lowest BCUT2D eigenvalue weighted by Gasteiger charge is -2.29. The third kappa shape index (κ3) is 3.33. The van der Waals surface area contributed by atoms with Crippen LogP contribution >= 0.6 is 0 Å². The van der Waals surface area contributed by atoms with Gasteiger partial charge < -0.3 is 9.80 Å². The van der Waals surface area contributed by atoms with Crippen molar-refractivity contribution in [2.45, 2.75) is 51.4 Å². The molecule has 24 heavy (non-hydrogen) atoms. The number of hydrogen-bond donors (Lipinski definition) is 0. The first-order valence-electron chi connectivity index (χ1n) is 9.68. The highest BCUT2D eigenvalue weighted by Gasteiger charge is 2.22. The molecule has 0 N–H and O–H groups in total. The summed E-state index contributed by atoms with van der Waals surface area (Å²) in [5, 5.41) is 0. The number of anilines is 2. The Bertz CT molecular complexity index is 610. The van der Waals surface area contributed by atoms with E-state index < -0.39 is 0 Å². The van der Waals surface area contributed by atoms with E-state index in [4.69, 9.17) is 9.97 Å². The van der Waals surface area contributed by atoms with Gasteiger partial charge >= 0.3 is 0 Å². The Morgan fingerprint density at radius 1 is 0.542 bits per heavy atom. The van der Waals surface area contributed by atoms with Crippen molar-refractivity contribution in [3.63, 3.8) is 0 Å². The average Bonchev–Trinajstić information content (AvgIpc) is 3.06. The minimum atomic E-state index is 1.02. The molecule has 0 atom stereocenters. The quantitative estimate of drug-likeness (QED) is 0.820. The molecule has 3 heterocycles. The fourth-order valence-corrected chi connectivity index (χ4v) is 3.97. The molecule has 0 aliphatic carbocycles. The van der Waals surface area contributed by atoms with Crippen molar-refractivity contribution in [3.05, 3.63) is 24.3 Å². The average molecular weight is 324 g/mol. The van der Waals surface area contributed by atoms with Crippen molar-refractivity contribution in [3.8, 4) is 0 Å². The zero-order valence-electron chi connectivity index (χ0n) is 14.6. The van der Waals surface area contributed by atoms with Crippen LogP contribution < -0.4 is 9.80 Å². The van der Waals surface area contributed by atoms with Crippen molar-refractivity contribution in [1.29, 1.82) is 0 Å². The summed E-state index contributed by atoms with van der Waals surface area (Å²) in [6.45, 7) is 4.48. The Morgan fingerprint density at radius 3 is 1.29 bits per heavy atom. The Balaban J connectivity index is 1.77. The highest BCUT2D eigenvalue weighted by Crippen LogP contribution is 2.31. The zero-order chi connectivity index (χ0) is 16.2. The number of rotatable bonds is 2. The molecule has 2 fully saturated rings. The van der Waals surface area contributed by atoms with E-state index >= 15 is 0 Å². The van der Waals surface area contributed by atoms with Gasteiger partial charge in [0.05, 0.1) is 11.0 Å². The number of aromatic nitrogens is 2. The van der Waals surface area contributed by atoms with Gasteiger partial charge in [0.25, 0.3) is 0 Å². The molecule has 0 amide bonds. The molecule has 0 bridgehead atoms. The van der Waals surface area contributed by atoms with E-state index in [0.29, 0.717) is 0 Å². The second-order valence-electron chi connectivity index (χ2n) is 7.16. The van der Waals surface area contributed by atoms with E-state index in [-0.39, 0.29) is 0 Å². The topological polar surface area (TPSA) is 32.3 Å². The van der Waals surface area contributed by atoms with Gasteiger partial charge in [0.1, 0.15) is 0 Å². The van der Waals surface area contributed by atoms with E-state index in [0.717, 1.165) is 48.8 Å². The van der Waals surface area contributed by atoms with Crippen LogP contribution in [0.2, 0.25) is 0 Å². The van der Waals surface area contributed by atoms with Crippen LogP contribution in [0.4, 0.5) is 11.6 Å². The SMILES string of the molecule is c1ccc2nc(N3CCCCCC3)c(N3CCCCCC3)nc2c1. The van der Waals surface area contributed by atoms with Crippen molar-refractivity contribution < 1.29 is 0 Å². The number of benzene rings is 1. The predicted octanol–water partition coefficient (Wildman–Crippen LogP) is 4.39. The maximum atomic E-state index is 5.07. The molecule has 2 aromatic rings. The minimum absolute atomic E-state index is 1.02. The second-order valence-corrected chi connectivity index (χ2v) is 7.16. The zero-order valence-corrected chi connectivity index (χ0v) is 14.6. The second kappa shape index (κ2) is 7.37. The molecular formula is C20H28N4. The van der Waals surface area contributed by atoms with Crippen LogP contribution in [0.1, 0.15) is 51.4 Å². The van der Waals surface area contributed by atoms with Crippen LogP contribution in [0, 0.1) is 0 Å².